The molecule has 0 saturated heterocycles. The van der Waals surface area contributed by atoms with E-state index in [1.54, 1.807) is 36.1 Å². The maximum absolute atomic E-state index is 13.9. The van der Waals surface area contributed by atoms with Crippen LogP contribution in [0.15, 0.2) is 72.8 Å². The molecule has 1 aliphatic heterocycles. The van der Waals surface area contributed by atoms with Crippen LogP contribution in [-0.2, 0) is 20.9 Å². The molecule has 0 spiro atoms. The average Bonchev–Trinajstić information content (AvgIpc) is 3.22. The molecule has 5 rings (SSSR count). The number of aromatic nitrogens is 2. The first-order valence-corrected chi connectivity index (χ1v) is 11.3. The van der Waals surface area contributed by atoms with E-state index >= 15 is 0 Å². The zero-order chi connectivity index (χ0) is 23.8. The number of phenolic OH excluding ortho intramolecular Hbond substituents is 1. The molecule has 3 aromatic carbocycles. The third-order valence-corrected chi connectivity index (χ3v) is 6.18. The van der Waals surface area contributed by atoms with Crippen LogP contribution in [0.4, 0.5) is 5.95 Å². The van der Waals surface area contributed by atoms with Crippen molar-refractivity contribution in [2.45, 2.75) is 26.4 Å². The Morgan fingerprint density at radius 3 is 2.44 bits per heavy atom. The lowest BCUT2D eigenvalue weighted by atomic mass is 9.89. The first-order valence-electron chi connectivity index (χ1n) is 11.3. The highest BCUT2D eigenvalue weighted by Crippen LogP contribution is 2.42. The van der Waals surface area contributed by atoms with E-state index in [1.807, 2.05) is 60.0 Å². The van der Waals surface area contributed by atoms with Crippen LogP contribution in [0.25, 0.3) is 11.0 Å². The third-order valence-electron chi connectivity index (χ3n) is 6.18. The van der Waals surface area contributed by atoms with Crippen LogP contribution in [-0.4, -0.2) is 33.1 Å². The van der Waals surface area contributed by atoms with E-state index in [2.05, 4.69) is 0 Å². The molecule has 2 unspecified atom stereocenters. The van der Waals surface area contributed by atoms with Crippen LogP contribution in [0.1, 0.15) is 29.7 Å². The van der Waals surface area contributed by atoms with E-state index in [0.717, 1.165) is 22.2 Å². The second kappa shape index (κ2) is 8.67. The monoisotopic (exact) mass is 455 g/mol. The predicted molar refractivity (Wildman–Crippen MR) is 128 cm³/mol. The second-order valence-corrected chi connectivity index (χ2v) is 8.45. The maximum atomic E-state index is 13.9. The van der Waals surface area contributed by atoms with Crippen molar-refractivity contribution in [1.29, 1.82) is 0 Å². The third kappa shape index (κ3) is 3.69. The number of benzene rings is 3. The summed E-state index contributed by atoms with van der Waals surface area (Å²) in [6.07, 6.45) is 0. The van der Waals surface area contributed by atoms with Crippen molar-refractivity contribution in [1.82, 2.24) is 9.55 Å². The Balaban J connectivity index is 1.73. The van der Waals surface area contributed by atoms with Crippen molar-refractivity contribution < 1.29 is 19.4 Å². The first-order chi connectivity index (χ1) is 16.5. The molecular weight excluding hydrogens is 430 g/mol. The molecule has 0 saturated carbocycles. The van der Waals surface area contributed by atoms with Gasteiger partial charge in [0.25, 0.3) is 0 Å². The van der Waals surface area contributed by atoms with Gasteiger partial charge in [0.15, 0.2) is 5.92 Å². The normalized spacial score (nSPS) is 17.6. The summed E-state index contributed by atoms with van der Waals surface area (Å²) in [7, 11) is 0. The lowest BCUT2D eigenvalue weighted by Gasteiger charge is -2.38. The van der Waals surface area contributed by atoms with Gasteiger partial charge < -0.3 is 14.4 Å². The number of aryl methyl sites for hydroxylation is 1. The number of ether oxygens (including phenoxy) is 1. The summed E-state index contributed by atoms with van der Waals surface area (Å²) >= 11 is 0. The minimum Gasteiger partial charge on any atom is -0.508 e. The van der Waals surface area contributed by atoms with E-state index in [1.165, 1.54) is 0 Å². The lowest BCUT2D eigenvalue weighted by Crippen LogP contribution is -2.49. The molecule has 7 nitrogen and oxygen atoms in total. The number of fused-ring (bicyclic) bond motifs is 3. The molecule has 0 aliphatic carbocycles. The van der Waals surface area contributed by atoms with Gasteiger partial charge in [-0.05, 0) is 49.2 Å². The number of nitrogens with zero attached hydrogens (tertiary/aromatic N) is 3. The summed E-state index contributed by atoms with van der Waals surface area (Å²) in [5.41, 5.74) is 4.31. The highest BCUT2D eigenvalue weighted by molar-refractivity contribution is 6.08. The molecule has 2 atom stereocenters. The Bertz CT molecular complexity index is 1360. The Morgan fingerprint density at radius 2 is 1.74 bits per heavy atom. The van der Waals surface area contributed by atoms with Gasteiger partial charge in [-0.25, -0.2) is 4.98 Å². The number of anilines is 1. The highest BCUT2D eigenvalue weighted by Gasteiger charge is 2.47. The molecule has 4 aromatic rings. The van der Waals surface area contributed by atoms with Gasteiger partial charge in [0.05, 0.1) is 30.2 Å². The van der Waals surface area contributed by atoms with Crippen molar-refractivity contribution in [3.05, 3.63) is 89.5 Å². The zero-order valence-corrected chi connectivity index (χ0v) is 19.0. The first kappa shape index (κ1) is 21.7. The Hall–Kier alpha value is -4.13. The van der Waals surface area contributed by atoms with Gasteiger partial charge in [-0.2, -0.15) is 0 Å². The molecule has 1 aromatic heterocycles. The summed E-state index contributed by atoms with van der Waals surface area (Å²) in [5, 5.41) is 9.83. The van der Waals surface area contributed by atoms with E-state index < -0.39 is 17.9 Å². The summed E-state index contributed by atoms with van der Waals surface area (Å²) in [6, 6.07) is 21.5. The van der Waals surface area contributed by atoms with Crippen molar-refractivity contribution in [2.75, 3.05) is 11.5 Å². The lowest BCUT2D eigenvalue weighted by molar-refractivity contribution is -0.153. The van der Waals surface area contributed by atoms with Gasteiger partial charge in [0, 0.05) is 0 Å². The minimum absolute atomic E-state index is 0.107. The van der Waals surface area contributed by atoms with Gasteiger partial charge in [-0.3, -0.25) is 14.5 Å². The standard InChI is InChI=1S/C27H25N3O4/c1-3-34-26(33)23-24(19-12-14-20(31)15-13-19)30-22-7-5-4-6-21(22)28-27(30)29(25(23)32)16-18-10-8-17(2)9-11-18/h4-15,23-24,31H,3,16H2,1-2H3. The second-order valence-electron chi connectivity index (χ2n) is 8.45. The summed E-state index contributed by atoms with van der Waals surface area (Å²) in [6.45, 7) is 4.18. The fourth-order valence-electron chi connectivity index (χ4n) is 4.55. The molecule has 1 N–H and O–H groups in total. The summed E-state index contributed by atoms with van der Waals surface area (Å²) in [4.78, 5) is 33.5. The number of hydrogen-bond acceptors (Lipinski definition) is 5. The molecule has 0 fully saturated rings. The molecule has 7 heteroatoms. The number of imidazole rings is 1. The molecule has 172 valence electrons. The molecular formula is C27H25N3O4. The molecule has 1 amide bonds. The minimum atomic E-state index is -1.10. The van der Waals surface area contributed by atoms with E-state index in [9.17, 15) is 14.7 Å². The van der Waals surface area contributed by atoms with Crippen LogP contribution in [0.3, 0.4) is 0 Å². The average molecular weight is 456 g/mol. The Labute approximate surface area is 197 Å². The number of carbonyl (C=O) groups excluding carboxylic acids is 2. The summed E-state index contributed by atoms with van der Waals surface area (Å²) in [5.74, 6) is -1.46. The van der Waals surface area contributed by atoms with Gasteiger partial charge in [0.1, 0.15) is 5.75 Å². The summed E-state index contributed by atoms with van der Waals surface area (Å²) < 4.78 is 7.32. The van der Waals surface area contributed by atoms with Crippen LogP contribution in [0, 0.1) is 12.8 Å². The number of phenols is 1. The number of amides is 1. The fourth-order valence-corrected chi connectivity index (χ4v) is 4.55. The van der Waals surface area contributed by atoms with E-state index in [0.29, 0.717) is 11.5 Å². The highest BCUT2D eigenvalue weighted by atomic mass is 16.5. The molecule has 1 aliphatic rings. The molecule has 0 bridgehead atoms. The fraction of sp³-hybridized carbons (Fsp3) is 0.222. The topological polar surface area (TPSA) is 84.7 Å². The SMILES string of the molecule is CCOC(=O)C1C(=O)N(Cc2ccc(C)cc2)c2nc3ccccc3n2C1c1ccc(O)cc1. The number of carbonyl (C=O) groups is 2. The number of hydrogen-bond donors (Lipinski definition) is 1. The number of aromatic hydroxyl groups is 1. The molecule has 34 heavy (non-hydrogen) atoms. The van der Waals surface area contributed by atoms with Gasteiger partial charge in [-0.15, -0.1) is 0 Å². The smallest absolute Gasteiger partial charge is 0.321 e. The number of rotatable bonds is 5. The maximum Gasteiger partial charge on any atom is 0.321 e. The van der Waals surface area contributed by atoms with Gasteiger partial charge in [0.2, 0.25) is 11.9 Å². The van der Waals surface area contributed by atoms with E-state index in [4.69, 9.17) is 9.72 Å². The van der Waals surface area contributed by atoms with Crippen LogP contribution in [0.2, 0.25) is 0 Å². The largest absolute Gasteiger partial charge is 0.508 e. The number of para-hydroxylation sites is 2. The van der Waals surface area contributed by atoms with Crippen molar-refractivity contribution in [2.24, 2.45) is 5.92 Å². The van der Waals surface area contributed by atoms with Gasteiger partial charge >= 0.3 is 5.97 Å². The quantitative estimate of drug-likeness (QED) is 0.357. The predicted octanol–water partition coefficient (Wildman–Crippen LogP) is 4.37. The zero-order valence-electron chi connectivity index (χ0n) is 19.0. The van der Waals surface area contributed by atoms with Crippen LogP contribution < -0.4 is 4.90 Å². The van der Waals surface area contributed by atoms with Gasteiger partial charge in [-0.1, -0.05) is 54.1 Å². The van der Waals surface area contributed by atoms with Crippen LogP contribution in [0.5, 0.6) is 5.75 Å². The van der Waals surface area contributed by atoms with Crippen LogP contribution >= 0.6 is 0 Å². The molecule has 0 radical (unpaired) electrons. The van der Waals surface area contributed by atoms with Crippen molar-refractivity contribution in [3.8, 4) is 5.75 Å². The van der Waals surface area contributed by atoms with E-state index in [-0.39, 0.29) is 24.8 Å². The Kier molecular flexibility index (Phi) is 5.53. The van der Waals surface area contributed by atoms with Crippen molar-refractivity contribution >= 4 is 28.9 Å². The van der Waals surface area contributed by atoms with Crippen molar-refractivity contribution in [3.63, 3.8) is 0 Å². The Morgan fingerprint density at radius 1 is 1.03 bits per heavy atom. The molecule has 2 heterocycles. The number of esters is 1.